The van der Waals surface area contributed by atoms with Crippen molar-refractivity contribution in [2.75, 3.05) is 26.0 Å². The van der Waals surface area contributed by atoms with Crippen LogP contribution in [0.3, 0.4) is 0 Å². The molecule has 158 valence electrons. The van der Waals surface area contributed by atoms with E-state index < -0.39 is 6.04 Å². The van der Waals surface area contributed by atoms with Crippen LogP contribution >= 0.6 is 34.8 Å². The molecule has 0 saturated carbocycles. The highest BCUT2D eigenvalue weighted by Crippen LogP contribution is 2.28. The van der Waals surface area contributed by atoms with Gasteiger partial charge in [0.25, 0.3) is 11.8 Å². The maximum atomic E-state index is 12.9. The fraction of sp³-hybridized carbons (Fsp3) is 0.286. The number of carbonyl (C=O) groups excluding carboxylic acids is 3. The lowest BCUT2D eigenvalue weighted by Crippen LogP contribution is -2.43. The zero-order valence-corrected chi connectivity index (χ0v) is 18.7. The SMILES string of the molecule is CN(C)C(=O)c1ccc(Cl)c(NC(=O)C2CCCN2C(=O)c2ccc(Cl)c(Cl)c2)c1. The third kappa shape index (κ3) is 4.72. The molecule has 1 atom stereocenters. The van der Waals surface area contributed by atoms with Crippen LogP contribution in [0.2, 0.25) is 15.1 Å². The van der Waals surface area contributed by atoms with E-state index in [0.29, 0.717) is 46.2 Å². The summed E-state index contributed by atoms with van der Waals surface area (Å²) in [4.78, 5) is 41.0. The molecule has 1 saturated heterocycles. The average Bonchev–Trinajstić information content (AvgIpc) is 3.20. The van der Waals surface area contributed by atoms with E-state index in [4.69, 9.17) is 34.8 Å². The van der Waals surface area contributed by atoms with E-state index in [-0.39, 0.29) is 22.7 Å². The van der Waals surface area contributed by atoms with Crippen LogP contribution in [0.5, 0.6) is 0 Å². The molecule has 9 heteroatoms. The standard InChI is InChI=1S/C21H20Cl3N3O3/c1-26(2)20(29)13-6-8-15(23)17(11-13)25-19(28)18-4-3-9-27(18)21(30)12-5-7-14(22)16(24)10-12/h5-8,10-11,18H,3-4,9H2,1-2H3,(H,25,28). The number of hydrogen-bond donors (Lipinski definition) is 1. The van der Waals surface area contributed by atoms with Crippen molar-refractivity contribution >= 4 is 58.2 Å². The molecule has 6 nitrogen and oxygen atoms in total. The van der Waals surface area contributed by atoms with Gasteiger partial charge in [-0.2, -0.15) is 0 Å². The molecule has 0 spiro atoms. The molecule has 0 bridgehead atoms. The second-order valence-corrected chi connectivity index (χ2v) is 8.39. The van der Waals surface area contributed by atoms with E-state index in [0.717, 1.165) is 0 Å². The van der Waals surface area contributed by atoms with Crippen LogP contribution in [0.1, 0.15) is 33.6 Å². The lowest BCUT2D eigenvalue weighted by atomic mass is 10.1. The minimum Gasteiger partial charge on any atom is -0.345 e. The maximum absolute atomic E-state index is 12.9. The van der Waals surface area contributed by atoms with Gasteiger partial charge in [0.05, 0.1) is 20.8 Å². The molecule has 1 N–H and O–H groups in total. The predicted octanol–water partition coefficient (Wildman–Crippen LogP) is 4.59. The summed E-state index contributed by atoms with van der Waals surface area (Å²) in [7, 11) is 3.28. The van der Waals surface area contributed by atoms with Crippen molar-refractivity contribution in [2.45, 2.75) is 18.9 Å². The Bertz CT molecular complexity index is 1010. The first-order valence-electron chi connectivity index (χ1n) is 9.27. The summed E-state index contributed by atoms with van der Waals surface area (Å²) >= 11 is 18.2. The van der Waals surface area contributed by atoms with Gasteiger partial charge in [0.15, 0.2) is 0 Å². The van der Waals surface area contributed by atoms with Gasteiger partial charge in [0.1, 0.15) is 6.04 Å². The Morgan fingerprint density at radius 2 is 1.63 bits per heavy atom. The fourth-order valence-corrected chi connectivity index (χ4v) is 3.77. The number of benzene rings is 2. The highest BCUT2D eigenvalue weighted by atomic mass is 35.5. The number of anilines is 1. The lowest BCUT2D eigenvalue weighted by molar-refractivity contribution is -0.119. The van der Waals surface area contributed by atoms with E-state index in [1.54, 1.807) is 38.4 Å². The molecule has 0 radical (unpaired) electrons. The van der Waals surface area contributed by atoms with Crippen molar-refractivity contribution in [1.29, 1.82) is 0 Å². The monoisotopic (exact) mass is 467 g/mol. The molecule has 30 heavy (non-hydrogen) atoms. The van der Waals surface area contributed by atoms with Crippen molar-refractivity contribution in [3.05, 3.63) is 62.6 Å². The Hall–Kier alpha value is -2.28. The Morgan fingerprint density at radius 3 is 2.30 bits per heavy atom. The quantitative estimate of drug-likeness (QED) is 0.713. The van der Waals surface area contributed by atoms with Gasteiger partial charge in [-0.25, -0.2) is 0 Å². The summed E-state index contributed by atoms with van der Waals surface area (Å²) in [5.74, 6) is -0.870. The minimum absolute atomic E-state index is 0.209. The Balaban J connectivity index is 1.79. The maximum Gasteiger partial charge on any atom is 0.254 e. The summed E-state index contributed by atoms with van der Waals surface area (Å²) in [5, 5.41) is 3.69. The van der Waals surface area contributed by atoms with Crippen molar-refractivity contribution in [2.24, 2.45) is 0 Å². The number of rotatable bonds is 4. The molecule has 3 rings (SSSR count). The van der Waals surface area contributed by atoms with E-state index in [2.05, 4.69) is 5.32 Å². The zero-order chi connectivity index (χ0) is 22.0. The van der Waals surface area contributed by atoms with Crippen molar-refractivity contribution in [1.82, 2.24) is 9.80 Å². The van der Waals surface area contributed by atoms with Crippen LogP contribution in [0, 0.1) is 0 Å². The third-order valence-electron chi connectivity index (χ3n) is 4.86. The molecule has 1 fully saturated rings. The first kappa shape index (κ1) is 22.4. The zero-order valence-electron chi connectivity index (χ0n) is 16.4. The molecule has 0 aliphatic carbocycles. The van der Waals surface area contributed by atoms with Gasteiger partial charge in [-0.05, 0) is 49.2 Å². The summed E-state index contributed by atoms with van der Waals surface area (Å²) in [6.45, 7) is 0.448. The van der Waals surface area contributed by atoms with Crippen LogP contribution in [0.25, 0.3) is 0 Å². The second-order valence-electron chi connectivity index (χ2n) is 7.17. The average molecular weight is 469 g/mol. The van der Waals surface area contributed by atoms with Crippen LogP contribution in [0.15, 0.2) is 36.4 Å². The van der Waals surface area contributed by atoms with E-state index in [1.165, 1.54) is 21.9 Å². The second kappa shape index (κ2) is 9.25. The molecule has 0 aromatic heterocycles. The van der Waals surface area contributed by atoms with Crippen LogP contribution in [-0.4, -0.2) is 54.2 Å². The number of hydrogen-bond acceptors (Lipinski definition) is 3. The Labute approximate surface area is 189 Å². The number of amides is 3. The Morgan fingerprint density at radius 1 is 0.967 bits per heavy atom. The van der Waals surface area contributed by atoms with Crippen LogP contribution in [-0.2, 0) is 4.79 Å². The smallest absolute Gasteiger partial charge is 0.254 e. The van der Waals surface area contributed by atoms with Gasteiger partial charge >= 0.3 is 0 Å². The van der Waals surface area contributed by atoms with E-state index in [9.17, 15) is 14.4 Å². The number of nitrogens with one attached hydrogen (secondary N) is 1. The van der Waals surface area contributed by atoms with Gasteiger partial charge in [0, 0.05) is 31.8 Å². The molecular formula is C21H20Cl3N3O3. The van der Waals surface area contributed by atoms with Crippen LogP contribution in [0.4, 0.5) is 5.69 Å². The normalized spacial score (nSPS) is 15.8. The molecular weight excluding hydrogens is 449 g/mol. The minimum atomic E-state index is -0.656. The summed E-state index contributed by atoms with van der Waals surface area (Å²) in [6, 6.07) is 8.65. The van der Waals surface area contributed by atoms with Crippen molar-refractivity contribution < 1.29 is 14.4 Å². The van der Waals surface area contributed by atoms with Crippen LogP contribution < -0.4 is 5.32 Å². The van der Waals surface area contributed by atoms with E-state index in [1.807, 2.05) is 0 Å². The van der Waals surface area contributed by atoms with Crippen molar-refractivity contribution in [3.63, 3.8) is 0 Å². The molecule has 1 heterocycles. The van der Waals surface area contributed by atoms with Gasteiger partial charge in [0.2, 0.25) is 5.91 Å². The third-order valence-corrected chi connectivity index (χ3v) is 5.93. The van der Waals surface area contributed by atoms with Gasteiger partial charge in [-0.15, -0.1) is 0 Å². The van der Waals surface area contributed by atoms with E-state index >= 15 is 0 Å². The largest absolute Gasteiger partial charge is 0.345 e. The molecule has 3 amide bonds. The molecule has 2 aromatic rings. The van der Waals surface area contributed by atoms with Crippen molar-refractivity contribution in [3.8, 4) is 0 Å². The molecule has 2 aromatic carbocycles. The molecule has 1 unspecified atom stereocenters. The number of likely N-dealkylation sites (tertiary alicyclic amines) is 1. The number of nitrogens with zero attached hydrogens (tertiary/aromatic N) is 2. The summed E-state index contributed by atoms with van der Waals surface area (Å²) in [5.41, 5.74) is 1.08. The highest BCUT2D eigenvalue weighted by Gasteiger charge is 2.35. The fourth-order valence-electron chi connectivity index (χ4n) is 3.31. The van der Waals surface area contributed by atoms with Gasteiger partial charge in [-0.1, -0.05) is 34.8 Å². The first-order chi connectivity index (χ1) is 14.2. The number of halogens is 3. The predicted molar refractivity (Wildman–Crippen MR) is 119 cm³/mol. The Kier molecular flexibility index (Phi) is 6.91. The lowest BCUT2D eigenvalue weighted by Gasteiger charge is -2.24. The summed E-state index contributed by atoms with van der Waals surface area (Å²) < 4.78 is 0. The van der Waals surface area contributed by atoms with Gasteiger partial charge in [-0.3, -0.25) is 14.4 Å². The first-order valence-corrected chi connectivity index (χ1v) is 10.4. The van der Waals surface area contributed by atoms with Gasteiger partial charge < -0.3 is 15.1 Å². The highest BCUT2D eigenvalue weighted by molar-refractivity contribution is 6.42. The summed E-state index contributed by atoms with van der Waals surface area (Å²) in [6.07, 6.45) is 1.21. The number of carbonyl (C=O) groups is 3. The molecule has 1 aliphatic heterocycles. The topological polar surface area (TPSA) is 69.7 Å². The molecule has 1 aliphatic rings.